The van der Waals surface area contributed by atoms with Gasteiger partial charge in [-0.2, -0.15) is 0 Å². The number of carbonyl (C=O) groups excluding carboxylic acids is 2. The number of benzene rings is 1. The van der Waals surface area contributed by atoms with Crippen molar-refractivity contribution in [2.75, 3.05) is 0 Å². The fourth-order valence-electron chi connectivity index (χ4n) is 8.06. The predicted octanol–water partition coefficient (Wildman–Crippen LogP) is 6.40. The summed E-state index contributed by atoms with van der Waals surface area (Å²) in [4.78, 5) is 24.6. The van der Waals surface area contributed by atoms with E-state index in [4.69, 9.17) is 4.74 Å². The van der Waals surface area contributed by atoms with Gasteiger partial charge in [0.25, 0.3) is 0 Å². The molecule has 8 atom stereocenters. The van der Waals surface area contributed by atoms with Crippen molar-refractivity contribution < 1.29 is 14.3 Å². The van der Waals surface area contributed by atoms with E-state index in [1.165, 1.54) is 38.5 Å². The average molecular weight is 473 g/mol. The zero-order valence-corrected chi connectivity index (χ0v) is 19.5. The van der Waals surface area contributed by atoms with Gasteiger partial charge in [-0.05, 0) is 121 Å². The summed E-state index contributed by atoms with van der Waals surface area (Å²) in [6.07, 6.45) is 10.6. The minimum atomic E-state index is -0.171. The first-order valence-electron chi connectivity index (χ1n) is 11.9. The highest BCUT2D eigenvalue weighted by Gasteiger charge is 2.57. The van der Waals surface area contributed by atoms with E-state index in [1.807, 2.05) is 30.3 Å². The molecule has 0 aromatic heterocycles. The van der Waals surface area contributed by atoms with Crippen LogP contribution in [0.15, 0.2) is 30.3 Å². The van der Waals surface area contributed by atoms with Gasteiger partial charge >= 0.3 is 5.97 Å². The standard InChI is InChI=1S/C26H33BrO3/c1-26-14-13-18(30-25(29)16-5-3-2-4-6-16)15-17(26)7-8-21-19-9-10-22(24(27)28)20(19)11-12-23(21)26/h2-6,17-23H,7-15H2,1H3/t17-,18+,19?,20?,21?,22?,23?,26-/m0/s1. The highest BCUT2D eigenvalue weighted by Crippen LogP contribution is 2.64. The molecule has 5 unspecified atom stereocenters. The largest absolute Gasteiger partial charge is 0.459 e. The van der Waals surface area contributed by atoms with E-state index >= 15 is 0 Å². The number of halogens is 1. The first-order chi connectivity index (χ1) is 14.5. The van der Waals surface area contributed by atoms with Crippen LogP contribution in [0, 0.1) is 40.9 Å². The number of hydrogen-bond acceptors (Lipinski definition) is 3. The maximum atomic E-state index is 12.5. The van der Waals surface area contributed by atoms with Crippen LogP contribution in [0.2, 0.25) is 0 Å². The fraction of sp³-hybridized carbons (Fsp3) is 0.692. The SMILES string of the molecule is C[C@]12CC[C@@H](OC(=O)c3ccccc3)C[C@@H]1CCC1C3CCC(C(=O)Br)C3CCC12. The third-order valence-electron chi connectivity index (χ3n) is 9.51. The predicted molar refractivity (Wildman–Crippen MR) is 120 cm³/mol. The van der Waals surface area contributed by atoms with Crippen molar-refractivity contribution in [3.63, 3.8) is 0 Å². The molecular weight excluding hydrogens is 440 g/mol. The molecule has 1 aromatic rings. The maximum Gasteiger partial charge on any atom is 0.338 e. The zero-order chi connectivity index (χ0) is 20.9. The first-order valence-corrected chi connectivity index (χ1v) is 12.7. The van der Waals surface area contributed by atoms with E-state index in [0.29, 0.717) is 22.8 Å². The number of fused-ring (bicyclic) bond motifs is 5. The van der Waals surface area contributed by atoms with Crippen LogP contribution >= 0.6 is 15.9 Å². The Balaban J connectivity index is 1.26. The monoisotopic (exact) mass is 472 g/mol. The van der Waals surface area contributed by atoms with Crippen molar-refractivity contribution in [1.29, 1.82) is 0 Å². The van der Waals surface area contributed by atoms with Gasteiger partial charge in [0.15, 0.2) is 0 Å². The Hall–Kier alpha value is -1.16. The van der Waals surface area contributed by atoms with E-state index in [1.54, 1.807) is 0 Å². The summed E-state index contributed by atoms with van der Waals surface area (Å²) < 4.78 is 6.18. The van der Waals surface area contributed by atoms with Gasteiger partial charge in [-0.25, -0.2) is 4.79 Å². The summed E-state index contributed by atoms with van der Waals surface area (Å²) in [7, 11) is 0. The van der Waals surface area contributed by atoms with Crippen molar-refractivity contribution in [2.24, 2.45) is 40.9 Å². The lowest BCUT2D eigenvalue weighted by molar-refractivity contribution is -0.121. The molecule has 4 fully saturated rings. The molecule has 4 aliphatic rings. The van der Waals surface area contributed by atoms with Crippen LogP contribution in [0.4, 0.5) is 0 Å². The molecule has 5 rings (SSSR count). The molecule has 0 spiro atoms. The molecule has 0 heterocycles. The molecule has 0 saturated heterocycles. The number of carbonyl (C=O) groups is 2. The van der Waals surface area contributed by atoms with Gasteiger partial charge in [0.05, 0.1) is 5.56 Å². The second-order valence-electron chi connectivity index (χ2n) is 10.6. The molecule has 0 bridgehead atoms. The van der Waals surface area contributed by atoms with Crippen LogP contribution in [0.25, 0.3) is 0 Å². The lowest BCUT2D eigenvalue weighted by Gasteiger charge is -2.59. The molecule has 0 N–H and O–H groups in total. The van der Waals surface area contributed by atoms with Gasteiger partial charge in [0.1, 0.15) is 6.10 Å². The Kier molecular flexibility index (Phi) is 5.58. The molecule has 1 aromatic carbocycles. The van der Waals surface area contributed by atoms with E-state index in [0.717, 1.165) is 37.0 Å². The smallest absolute Gasteiger partial charge is 0.338 e. The molecule has 3 nitrogen and oxygen atoms in total. The van der Waals surface area contributed by atoms with Gasteiger partial charge in [-0.15, -0.1) is 0 Å². The molecule has 4 heteroatoms. The molecular formula is C26H33BrO3. The van der Waals surface area contributed by atoms with Gasteiger partial charge in [-0.3, -0.25) is 4.79 Å². The number of ether oxygens (including phenoxy) is 1. The second kappa shape index (κ2) is 8.07. The van der Waals surface area contributed by atoms with E-state index < -0.39 is 0 Å². The van der Waals surface area contributed by atoms with Crippen LogP contribution in [0.1, 0.15) is 75.1 Å². The molecule has 30 heavy (non-hydrogen) atoms. The normalized spacial score (nSPS) is 42.5. The fourth-order valence-corrected chi connectivity index (χ4v) is 8.62. The van der Waals surface area contributed by atoms with E-state index in [2.05, 4.69) is 22.9 Å². The van der Waals surface area contributed by atoms with Crippen molar-refractivity contribution in [2.45, 2.75) is 70.8 Å². The third-order valence-corrected chi connectivity index (χ3v) is 10.1. The minimum Gasteiger partial charge on any atom is -0.459 e. The molecule has 0 amide bonds. The van der Waals surface area contributed by atoms with Crippen molar-refractivity contribution in [1.82, 2.24) is 0 Å². The quantitative estimate of drug-likeness (QED) is 0.377. The Morgan fingerprint density at radius 2 is 1.67 bits per heavy atom. The highest BCUT2D eigenvalue weighted by molar-refractivity contribution is 9.18. The summed E-state index contributed by atoms with van der Waals surface area (Å²) in [6.45, 7) is 2.53. The highest BCUT2D eigenvalue weighted by atomic mass is 79.9. The number of esters is 1. The molecule has 162 valence electrons. The first kappa shape index (κ1) is 20.7. The van der Waals surface area contributed by atoms with Crippen molar-refractivity contribution >= 4 is 26.6 Å². The summed E-state index contributed by atoms with van der Waals surface area (Å²) >= 11 is 3.28. The van der Waals surface area contributed by atoms with Crippen molar-refractivity contribution in [3.05, 3.63) is 35.9 Å². The Labute approximate surface area is 188 Å². The summed E-state index contributed by atoms with van der Waals surface area (Å²) in [5.41, 5.74) is 1.03. The summed E-state index contributed by atoms with van der Waals surface area (Å²) in [6, 6.07) is 9.39. The zero-order valence-electron chi connectivity index (χ0n) is 17.9. The van der Waals surface area contributed by atoms with Gasteiger partial charge in [-0.1, -0.05) is 25.1 Å². The topological polar surface area (TPSA) is 43.4 Å². The second-order valence-corrected chi connectivity index (χ2v) is 11.4. The molecule has 4 aliphatic carbocycles. The van der Waals surface area contributed by atoms with Crippen LogP contribution in [0.3, 0.4) is 0 Å². The average Bonchev–Trinajstić information content (AvgIpc) is 3.19. The van der Waals surface area contributed by atoms with Crippen LogP contribution in [0.5, 0.6) is 0 Å². The van der Waals surface area contributed by atoms with Crippen LogP contribution < -0.4 is 0 Å². The summed E-state index contributed by atoms with van der Waals surface area (Å²) in [5.74, 6) is 3.69. The number of rotatable bonds is 3. The Morgan fingerprint density at radius 1 is 0.933 bits per heavy atom. The molecule has 0 aliphatic heterocycles. The lowest BCUT2D eigenvalue weighted by atomic mass is 9.47. The van der Waals surface area contributed by atoms with Crippen LogP contribution in [-0.4, -0.2) is 16.8 Å². The lowest BCUT2D eigenvalue weighted by Crippen LogP contribution is -2.52. The number of hydrogen-bond donors (Lipinski definition) is 0. The maximum absolute atomic E-state index is 12.5. The molecule has 4 saturated carbocycles. The van der Waals surface area contributed by atoms with Crippen LogP contribution in [-0.2, 0) is 9.53 Å². The van der Waals surface area contributed by atoms with Crippen molar-refractivity contribution in [3.8, 4) is 0 Å². The molecule has 0 radical (unpaired) electrons. The van der Waals surface area contributed by atoms with E-state index in [9.17, 15) is 9.59 Å². The summed E-state index contributed by atoms with van der Waals surface area (Å²) in [5, 5.41) is 0. The van der Waals surface area contributed by atoms with Gasteiger partial charge in [0.2, 0.25) is 4.69 Å². The van der Waals surface area contributed by atoms with E-state index in [-0.39, 0.29) is 22.7 Å². The Bertz CT molecular complexity index is 808. The Morgan fingerprint density at radius 3 is 2.43 bits per heavy atom. The van der Waals surface area contributed by atoms with Gasteiger partial charge < -0.3 is 4.74 Å². The van der Waals surface area contributed by atoms with Gasteiger partial charge in [0, 0.05) is 5.92 Å². The third kappa shape index (κ3) is 3.47. The minimum absolute atomic E-state index is 0.0607.